The van der Waals surface area contributed by atoms with E-state index < -0.39 is 12.0 Å². The van der Waals surface area contributed by atoms with E-state index in [-0.39, 0.29) is 30.1 Å². The molecule has 120 valence electrons. The number of carboxylic acid groups (broad SMARTS) is 1. The van der Waals surface area contributed by atoms with Gasteiger partial charge in [-0.15, -0.1) is 0 Å². The van der Waals surface area contributed by atoms with Gasteiger partial charge in [-0.3, -0.25) is 19.3 Å². The maximum atomic E-state index is 12.7. The van der Waals surface area contributed by atoms with Gasteiger partial charge in [0.05, 0.1) is 24.3 Å². The Balaban J connectivity index is 1.98. The topological polar surface area (TPSA) is 74.7 Å². The van der Waals surface area contributed by atoms with E-state index in [0.29, 0.717) is 23.4 Å². The first-order valence-electron chi connectivity index (χ1n) is 7.48. The monoisotopic (exact) mass is 333 g/mol. The van der Waals surface area contributed by atoms with Crippen LogP contribution in [-0.4, -0.2) is 27.8 Å². The summed E-state index contributed by atoms with van der Waals surface area (Å²) in [5.74, 6) is -2.37. The molecule has 0 bridgehead atoms. The van der Waals surface area contributed by atoms with E-state index in [4.69, 9.17) is 11.6 Å². The quantitative estimate of drug-likeness (QED) is 0.679. The maximum Gasteiger partial charge on any atom is 0.305 e. The highest BCUT2D eigenvalue weighted by Gasteiger charge is 2.50. The maximum absolute atomic E-state index is 12.7. The summed E-state index contributed by atoms with van der Waals surface area (Å²) in [4.78, 5) is 37.8. The number of hydrogen-bond acceptors (Lipinski definition) is 3. The van der Waals surface area contributed by atoms with E-state index in [1.165, 1.54) is 0 Å². The number of rotatable bonds is 4. The van der Waals surface area contributed by atoms with E-state index in [2.05, 4.69) is 0 Å². The number of halogens is 1. The molecule has 3 unspecified atom stereocenters. The van der Waals surface area contributed by atoms with Crippen LogP contribution in [0.1, 0.15) is 30.9 Å². The van der Waals surface area contributed by atoms with Crippen LogP contribution in [0, 0.1) is 11.8 Å². The van der Waals surface area contributed by atoms with Gasteiger partial charge < -0.3 is 5.11 Å². The molecule has 1 saturated heterocycles. The molecule has 1 aromatic carbocycles. The molecule has 3 rings (SSSR count). The number of hydrogen-bond donors (Lipinski definition) is 1. The third kappa shape index (κ3) is 2.88. The van der Waals surface area contributed by atoms with Crippen molar-refractivity contribution in [2.75, 3.05) is 0 Å². The van der Waals surface area contributed by atoms with Crippen molar-refractivity contribution in [1.82, 2.24) is 4.90 Å². The largest absolute Gasteiger partial charge is 0.481 e. The summed E-state index contributed by atoms with van der Waals surface area (Å²) in [6.07, 6.45) is 4.54. The number of nitrogens with zero attached hydrogens (tertiary/aromatic N) is 1. The summed E-state index contributed by atoms with van der Waals surface area (Å²) in [5, 5.41) is 9.65. The van der Waals surface area contributed by atoms with Gasteiger partial charge in [-0.05, 0) is 30.5 Å². The summed E-state index contributed by atoms with van der Waals surface area (Å²) in [6, 6.07) is 5.83. The Bertz CT molecular complexity index is 674. The Hall–Kier alpha value is -2.14. The summed E-state index contributed by atoms with van der Waals surface area (Å²) in [5.41, 5.74) is 0.563. The number of allylic oxidation sites excluding steroid dienone is 2. The molecule has 6 heteroatoms. The number of carbonyl (C=O) groups is 3. The number of likely N-dealkylation sites (tertiary alicyclic amines) is 1. The third-order valence-electron chi connectivity index (χ3n) is 4.45. The zero-order chi connectivity index (χ0) is 16.6. The fraction of sp³-hybridized carbons (Fsp3) is 0.353. The van der Waals surface area contributed by atoms with Crippen LogP contribution in [0.2, 0.25) is 5.02 Å². The lowest BCUT2D eigenvalue weighted by atomic mass is 9.85. The van der Waals surface area contributed by atoms with Gasteiger partial charge in [0.1, 0.15) is 0 Å². The zero-order valence-corrected chi connectivity index (χ0v) is 13.1. The van der Waals surface area contributed by atoms with Crippen LogP contribution in [0.15, 0.2) is 36.4 Å². The molecule has 1 aliphatic heterocycles. The number of imide groups is 1. The predicted molar refractivity (Wildman–Crippen MR) is 83.7 cm³/mol. The van der Waals surface area contributed by atoms with Crippen LogP contribution in [-0.2, 0) is 14.4 Å². The molecule has 1 heterocycles. The van der Waals surface area contributed by atoms with Gasteiger partial charge >= 0.3 is 5.97 Å². The fourth-order valence-electron chi connectivity index (χ4n) is 3.37. The molecule has 2 aliphatic rings. The Kier molecular flexibility index (Phi) is 4.22. The van der Waals surface area contributed by atoms with E-state index in [0.717, 1.165) is 4.90 Å². The number of aliphatic carboxylic acids is 1. The summed E-state index contributed by atoms with van der Waals surface area (Å²) < 4.78 is 0. The highest BCUT2D eigenvalue weighted by Crippen LogP contribution is 2.40. The average Bonchev–Trinajstić information content (AvgIpc) is 2.77. The number of fused-ring (bicyclic) bond motifs is 1. The van der Waals surface area contributed by atoms with Gasteiger partial charge in [0, 0.05) is 5.02 Å². The molecule has 2 amide bonds. The average molecular weight is 334 g/mol. The molecule has 0 spiro atoms. The van der Waals surface area contributed by atoms with E-state index in [1.54, 1.807) is 24.3 Å². The Morgan fingerprint density at radius 3 is 2.35 bits per heavy atom. The normalized spacial score (nSPS) is 24.7. The lowest BCUT2D eigenvalue weighted by molar-refractivity contribution is -0.145. The van der Waals surface area contributed by atoms with Gasteiger partial charge in [0.25, 0.3) is 0 Å². The minimum absolute atomic E-state index is 0.282. The first kappa shape index (κ1) is 15.7. The van der Waals surface area contributed by atoms with Gasteiger partial charge in [-0.1, -0.05) is 35.9 Å². The standard InChI is InChI=1S/C17H16ClNO4/c18-11-5-3-4-10(8-11)14(9-15(20)21)19-16(22)12-6-1-2-7-13(12)17(19)23/h1-5,8,12-14H,6-7,9H2,(H,20,21). The molecule has 0 saturated carbocycles. The second-order valence-corrected chi connectivity index (χ2v) is 6.31. The molecule has 1 aliphatic carbocycles. The van der Waals surface area contributed by atoms with E-state index >= 15 is 0 Å². The number of benzene rings is 1. The van der Waals surface area contributed by atoms with Crippen molar-refractivity contribution >= 4 is 29.4 Å². The second-order valence-electron chi connectivity index (χ2n) is 5.87. The summed E-state index contributed by atoms with van der Waals surface area (Å²) in [7, 11) is 0. The van der Waals surface area contributed by atoms with E-state index in [9.17, 15) is 19.5 Å². The lowest BCUT2D eigenvalue weighted by Crippen LogP contribution is -2.36. The highest BCUT2D eigenvalue weighted by atomic mass is 35.5. The number of amides is 2. The van der Waals surface area contributed by atoms with Crippen molar-refractivity contribution in [2.45, 2.75) is 25.3 Å². The lowest BCUT2D eigenvalue weighted by Gasteiger charge is -2.26. The van der Waals surface area contributed by atoms with Crippen molar-refractivity contribution in [3.8, 4) is 0 Å². The fourth-order valence-corrected chi connectivity index (χ4v) is 3.57. The van der Waals surface area contributed by atoms with Gasteiger partial charge in [0.15, 0.2) is 0 Å². The van der Waals surface area contributed by atoms with E-state index in [1.807, 2.05) is 12.2 Å². The third-order valence-corrected chi connectivity index (χ3v) is 4.69. The molecule has 5 nitrogen and oxygen atoms in total. The SMILES string of the molecule is O=C(O)CC(c1cccc(Cl)c1)N1C(=O)C2CC=CCC2C1=O. The van der Waals surface area contributed by atoms with Crippen LogP contribution < -0.4 is 0 Å². The van der Waals surface area contributed by atoms with Crippen LogP contribution in [0.4, 0.5) is 0 Å². The summed E-state index contributed by atoms with van der Waals surface area (Å²) >= 11 is 5.98. The van der Waals surface area contributed by atoms with Gasteiger partial charge in [-0.2, -0.15) is 0 Å². The Morgan fingerprint density at radius 1 is 1.22 bits per heavy atom. The second kappa shape index (κ2) is 6.16. The minimum atomic E-state index is -1.07. The minimum Gasteiger partial charge on any atom is -0.481 e. The molecule has 23 heavy (non-hydrogen) atoms. The Labute approximate surface area is 138 Å². The molecule has 1 N–H and O–H groups in total. The molecule has 0 radical (unpaired) electrons. The first-order chi connectivity index (χ1) is 11.0. The van der Waals surface area contributed by atoms with Crippen LogP contribution in [0.5, 0.6) is 0 Å². The smallest absolute Gasteiger partial charge is 0.305 e. The Morgan fingerprint density at radius 2 is 1.83 bits per heavy atom. The van der Waals surface area contributed by atoms with Crippen molar-refractivity contribution in [1.29, 1.82) is 0 Å². The zero-order valence-electron chi connectivity index (χ0n) is 12.3. The van der Waals surface area contributed by atoms with Crippen molar-refractivity contribution < 1.29 is 19.5 Å². The number of carbonyl (C=O) groups excluding carboxylic acids is 2. The first-order valence-corrected chi connectivity index (χ1v) is 7.86. The molecular formula is C17H16ClNO4. The highest BCUT2D eigenvalue weighted by molar-refractivity contribution is 6.30. The van der Waals surface area contributed by atoms with Crippen molar-refractivity contribution in [3.05, 3.63) is 47.0 Å². The van der Waals surface area contributed by atoms with Crippen molar-refractivity contribution in [2.24, 2.45) is 11.8 Å². The molecule has 3 atom stereocenters. The van der Waals surface area contributed by atoms with Gasteiger partial charge in [-0.25, -0.2) is 0 Å². The molecule has 1 aromatic rings. The van der Waals surface area contributed by atoms with Crippen molar-refractivity contribution in [3.63, 3.8) is 0 Å². The summed E-state index contributed by atoms with van der Waals surface area (Å²) in [6.45, 7) is 0. The van der Waals surface area contributed by atoms with Gasteiger partial charge in [0.2, 0.25) is 11.8 Å². The molecule has 1 fully saturated rings. The predicted octanol–water partition coefficient (Wildman–Crippen LogP) is 2.81. The molecular weight excluding hydrogens is 318 g/mol. The van der Waals surface area contributed by atoms with Crippen LogP contribution in [0.25, 0.3) is 0 Å². The number of carboxylic acids is 1. The molecule has 0 aromatic heterocycles. The van der Waals surface area contributed by atoms with Crippen LogP contribution in [0.3, 0.4) is 0 Å². The van der Waals surface area contributed by atoms with Crippen LogP contribution >= 0.6 is 11.6 Å².